The van der Waals surface area contributed by atoms with Crippen LogP contribution in [0.25, 0.3) is 0 Å². The van der Waals surface area contributed by atoms with E-state index in [1.165, 1.54) is 0 Å². The van der Waals surface area contributed by atoms with E-state index in [0.717, 1.165) is 6.55 Å². The topological polar surface area (TPSA) is 624 Å². The Hall–Kier alpha value is 0.415. The lowest BCUT2D eigenvalue weighted by Gasteiger charge is -2.23. The first kappa shape index (κ1) is 81.4. The lowest BCUT2D eigenvalue weighted by molar-refractivity contribution is -0.131. The third-order valence-electron chi connectivity index (χ3n) is 8.45. The van der Waals surface area contributed by atoms with Gasteiger partial charge in [-0.05, 0) is 12.6 Å². The van der Waals surface area contributed by atoms with Crippen molar-refractivity contribution in [3.8, 4) is 0 Å². The predicted octanol–water partition coefficient (Wildman–Crippen LogP) is -15.9. The molecule has 0 bridgehead atoms. The Bertz CT molecular complexity index is 3480. The summed E-state index contributed by atoms with van der Waals surface area (Å²) in [4.78, 5) is 0. The first-order valence-corrected chi connectivity index (χ1v) is 106. The van der Waals surface area contributed by atoms with E-state index in [4.69, 9.17) is 4.12 Å². The van der Waals surface area contributed by atoms with E-state index in [-0.39, 0.29) is 0 Å². The van der Waals surface area contributed by atoms with Gasteiger partial charge in [0.15, 0.2) is 0 Å². The van der Waals surface area contributed by atoms with Crippen LogP contribution in [0.15, 0.2) is 0 Å². The van der Waals surface area contributed by atoms with Crippen LogP contribution in [0.2, 0.25) is 12.6 Å². The van der Waals surface area contributed by atoms with Crippen LogP contribution < -0.4 is 0 Å². The molecule has 77 heteroatoms. The molecule has 0 fully saturated rings. The molecule has 0 amide bonds. The van der Waals surface area contributed by atoms with Crippen LogP contribution in [-0.4, -0.2) is 295 Å². The average molecular weight is 1740 g/mol. The van der Waals surface area contributed by atoms with Crippen molar-refractivity contribution in [2.45, 2.75) is 25.2 Å². The third kappa shape index (κ3) is 21.9. The lowest BCUT2D eigenvalue weighted by Crippen LogP contribution is -2.58. The van der Waals surface area contributed by atoms with Gasteiger partial charge in [0.25, 0.3) is 7.83 Å². The standard InChI is InChI=1S/C4H7F3O37Si37/c1-81(49(12)46-9,3-2-4(5,6)7)44-47(10)50(13)52(15)54(17)56(19)58(21)60(23)62(25)64(27)66(29)68(31)70(33)72(35)74(37)76(39)78(41)80(43)79(42)77(40)75(38)73(36)71(34)69(32)67(30)65(28)63(26)61(24)59(22)57(20)55(18)53(16)51(14)48(11)45-8/h2-3H2,1H3. The van der Waals surface area contributed by atoms with Gasteiger partial charge in [-0.3, -0.25) is 0 Å². The van der Waals surface area contributed by atoms with Crippen molar-refractivity contribution in [3.63, 3.8) is 0 Å². The highest BCUT2D eigenvalue weighted by Crippen LogP contribution is 2.26. The summed E-state index contributed by atoms with van der Waals surface area (Å²) < 4.78 is 492. The molecule has 1 atom stereocenters. The largest absolute Gasteiger partial charge is 0.574 e. The zero-order valence-electron chi connectivity index (χ0n) is 37.7. The molecule has 414 valence electrons. The maximum absolute atomic E-state index is 12.8. The quantitative estimate of drug-likeness (QED) is 0.0516. The number of hydrogen-bond donors (Lipinski definition) is 0. The fourth-order valence-electron chi connectivity index (χ4n) is 4.18. The minimum absolute atomic E-state index is 0.721. The van der Waals surface area contributed by atoms with Crippen molar-refractivity contribution in [3.05, 3.63) is 0 Å². The second-order valence-electron chi connectivity index (χ2n) is 13.8. The zero-order chi connectivity index (χ0) is 64.2. The number of halogens is 3. The maximum atomic E-state index is 12.8. The molecule has 37 nitrogen and oxygen atoms in total. The summed E-state index contributed by atoms with van der Waals surface area (Å²) in [6.07, 6.45) is -6.70. The van der Waals surface area contributed by atoms with Crippen LogP contribution in [0.1, 0.15) is 6.42 Å². The first-order chi connectivity index (χ1) is 36.8. The Morgan fingerprint density at radius 1 is 0.284 bits per heavy atom. The number of rotatable bonds is 39. The van der Waals surface area contributed by atoms with E-state index in [2.05, 4.69) is 0 Å². The molecule has 0 saturated heterocycles. The Morgan fingerprint density at radius 2 is 0.444 bits per heavy atom. The summed E-state index contributed by atoms with van der Waals surface area (Å²) in [6.45, 7) is 0.721. The molecule has 1 unspecified atom stereocenters. The fraction of sp³-hybridized carbons (Fsp3) is 1.00. The van der Waals surface area contributed by atoms with Crippen LogP contribution in [0.5, 0.6) is 0 Å². The summed E-state index contributed by atoms with van der Waals surface area (Å²) in [5.41, 5.74) is 0. The van der Waals surface area contributed by atoms with Crippen molar-refractivity contribution in [1.29, 1.82) is 0 Å². The molecule has 0 rings (SSSR count). The summed E-state index contributed by atoms with van der Waals surface area (Å²) in [5, 5.41) is 0. The third-order valence-corrected chi connectivity index (χ3v) is 278. The Balaban J connectivity index is 5.99. The molecule has 0 heterocycles. The molecule has 2 radical (unpaired) electrons. The highest BCUT2D eigenvalue weighted by atomic mass is 30.1. The highest BCUT2D eigenvalue weighted by molar-refractivity contribution is 7.85. The van der Waals surface area contributed by atoms with Crippen molar-refractivity contribution in [1.82, 2.24) is 0 Å². The molecule has 81 heavy (non-hydrogen) atoms. The molecule has 0 N–H and O–H groups in total. The summed E-state index contributed by atoms with van der Waals surface area (Å²) >= 11 is 0. The van der Waals surface area contributed by atoms with Crippen molar-refractivity contribution < 1.29 is 178 Å². The van der Waals surface area contributed by atoms with Gasteiger partial charge in [-0.15, -0.1) is 0 Å². The van der Waals surface area contributed by atoms with Gasteiger partial charge in [0.05, 0.1) is 0 Å². The van der Waals surface area contributed by atoms with Gasteiger partial charge >= 0.3 is 287 Å². The Labute approximate surface area is 486 Å². The normalized spacial score (nSPS) is 11.0. The first-order valence-electron chi connectivity index (χ1n) is 18.8. The number of alkyl halides is 3. The fourth-order valence-corrected chi connectivity index (χ4v) is 394. The van der Waals surface area contributed by atoms with Crippen LogP contribution >= 0.6 is 0 Å². The highest BCUT2D eigenvalue weighted by Gasteiger charge is 2.59. The van der Waals surface area contributed by atoms with Crippen molar-refractivity contribution in [2.75, 3.05) is 0 Å². The second kappa shape index (κ2) is 35.6. The van der Waals surface area contributed by atoms with Gasteiger partial charge in [0.1, 0.15) is 0 Å². The van der Waals surface area contributed by atoms with E-state index < -0.39 is 307 Å². The molecule has 0 aromatic rings. The van der Waals surface area contributed by atoms with E-state index in [1.807, 2.05) is 0 Å². The Kier molecular flexibility index (Phi) is 35.7. The average Bonchev–Trinajstić information content (AvgIpc) is 3.45. The zero-order valence-corrected chi connectivity index (χ0v) is 74.7. The van der Waals surface area contributed by atoms with Gasteiger partial charge in [-0.2, -0.15) is 13.2 Å². The van der Waals surface area contributed by atoms with E-state index in [0.29, 0.717) is 0 Å². The molecular formula is C4H7F3O37Si37. The maximum Gasteiger partial charge on any atom is 0.532 e. The molecular weight excluding hydrogens is 1740 g/mol. The molecule has 0 aliphatic heterocycles. The molecule has 0 aliphatic rings. The monoisotopic (exact) mass is 1740 g/mol. The molecule has 0 spiro atoms. The van der Waals surface area contributed by atoms with Crippen LogP contribution in [0, 0.1) is 0 Å². The van der Waals surface area contributed by atoms with Gasteiger partial charge in [-0.25, -0.2) is 0 Å². The van der Waals surface area contributed by atoms with Crippen LogP contribution in [0.4, 0.5) is 13.2 Å². The van der Waals surface area contributed by atoms with E-state index in [1.54, 1.807) is 0 Å². The van der Waals surface area contributed by atoms with Gasteiger partial charge in [0, 0.05) is 6.42 Å². The van der Waals surface area contributed by atoms with Crippen molar-refractivity contribution in [2.24, 2.45) is 0 Å². The van der Waals surface area contributed by atoms with Gasteiger partial charge in [0.2, 0.25) is 0 Å². The van der Waals surface area contributed by atoms with Crippen LogP contribution in [0.3, 0.4) is 0 Å². The molecule has 0 aromatic carbocycles. The minimum atomic E-state index is -4.95. The van der Waals surface area contributed by atoms with Gasteiger partial charge in [-0.1, -0.05) is 0 Å². The molecule has 0 aliphatic carbocycles. The summed E-state index contributed by atoms with van der Waals surface area (Å²) in [7, 11) is -165. The van der Waals surface area contributed by atoms with E-state index in [9.17, 15) is 174 Å². The lowest BCUT2D eigenvalue weighted by atomic mass is 10.5. The predicted molar refractivity (Wildman–Crippen MR) is 260 cm³/mol. The molecule has 0 saturated carbocycles. The van der Waals surface area contributed by atoms with Crippen LogP contribution in [-0.2, 0) is 165 Å². The SMILES string of the molecule is C[Si](CCC(F)(F)F)(O[Si](=O)[Si](=O)[Si](=O)[Si](=O)[Si](=O)[Si](=O)[Si](=O)[Si](=O)[Si](=O)[Si](=O)[Si](=O)[Si](=O)[Si](=O)[Si](=O)[Si](=O)[Si](=O)[Si](=O)[Si](=O)[Si](=O)[Si](=O)[Si](=O)[Si](=O)[Si](=O)[Si](=O)[Si](=O)[Si](=O)[Si](=O)[Si](=O)[Si](=O)[Si](=O)[Si](=O)[Si](=O)[Si](=O)[Si]=O)[Si](=O)[Si]=O. The van der Waals surface area contributed by atoms with Crippen molar-refractivity contribution >= 4 is 289 Å². The molecule has 0 aromatic heterocycles. The summed E-state index contributed by atoms with van der Waals surface area (Å²) in [5.74, 6) is 0. The van der Waals surface area contributed by atoms with E-state index >= 15 is 0 Å². The Morgan fingerprint density at radius 3 is 0.593 bits per heavy atom. The van der Waals surface area contributed by atoms with Gasteiger partial charge < -0.3 is 165 Å². The minimum Gasteiger partial charge on any atom is -0.574 e. The summed E-state index contributed by atoms with van der Waals surface area (Å²) in [6, 6.07) is -1.19. The number of hydrogen-bond acceptors (Lipinski definition) is 37. The second-order valence-corrected chi connectivity index (χ2v) is 185. The smallest absolute Gasteiger partial charge is 0.532 e.